The Morgan fingerprint density at radius 3 is 2.48 bits per heavy atom. The van der Waals surface area contributed by atoms with Gasteiger partial charge in [-0.1, -0.05) is 0 Å². The van der Waals surface area contributed by atoms with E-state index in [2.05, 4.69) is 20.5 Å². The smallest absolute Gasteiger partial charge is 0.224 e. The summed E-state index contributed by atoms with van der Waals surface area (Å²) in [4.78, 5) is 21.0. The number of carbonyl (C=O) groups is 1. The van der Waals surface area contributed by atoms with E-state index in [1.54, 1.807) is 19.2 Å². The third-order valence-electron chi connectivity index (χ3n) is 4.56. The second-order valence-corrected chi connectivity index (χ2v) is 6.86. The average molecular weight is 521 g/mol. The van der Waals surface area contributed by atoms with Gasteiger partial charge in [0, 0.05) is 58.0 Å². The van der Waals surface area contributed by atoms with Crippen molar-refractivity contribution in [3.8, 4) is 0 Å². The molecule has 1 aromatic carbocycles. The van der Waals surface area contributed by atoms with Crippen LogP contribution in [0.5, 0.6) is 0 Å². The summed E-state index contributed by atoms with van der Waals surface area (Å²) in [6, 6.07) is 6.63. The van der Waals surface area contributed by atoms with Gasteiger partial charge in [0.05, 0.1) is 13.2 Å². The van der Waals surface area contributed by atoms with Gasteiger partial charge in [0.15, 0.2) is 5.96 Å². The molecule has 0 aliphatic carbocycles. The molecular formula is C20H33FIN5O2. The Bertz CT molecular complexity index is 636. The molecule has 0 aromatic heterocycles. The Morgan fingerprint density at radius 1 is 1.24 bits per heavy atom. The third-order valence-corrected chi connectivity index (χ3v) is 4.56. The van der Waals surface area contributed by atoms with E-state index < -0.39 is 0 Å². The van der Waals surface area contributed by atoms with Crippen LogP contribution in [-0.2, 0) is 9.53 Å². The molecular weight excluding hydrogens is 488 g/mol. The molecule has 0 saturated carbocycles. The van der Waals surface area contributed by atoms with Gasteiger partial charge in [-0.25, -0.2) is 4.39 Å². The van der Waals surface area contributed by atoms with Crippen molar-refractivity contribution in [3.05, 3.63) is 30.1 Å². The van der Waals surface area contributed by atoms with Gasteiger partial charge in [0.1, 0.15) is 5.82 Å². The normalized spacial score (nSPS) is 15.5. The highest BCUT2D eigenvalue weighted by molar-refractivity contribution is 14.0. The summed E-state index contributed by atoms with van der Waals surface area (Å²) in [7, 11) is 1.66. The highest BCUT2D eigenvalue weighted by Gasteiger charge is 2.21. The predicted octanol–water partition coefficient (Wildman–Crippen LogP) is 2.07. The molecule has 164 valence electrons. The summed E-state index contributed by atoms with van der Waals surface area (Å²) < 4.78 is 18.2. The number of nitrogens with zero attached hydrogens (tertiary/aromatic N) is 3. The van der Waals surface area contributed by atoms with Crippen molar-refractivity contribution in [2.75, 3.05) is 57.9 Å². The number of amides is 1. The van der Waals surface area contributed by atoms with Crippen molar-refractivity contribution >= 4 is 41.5 Å². The molecule has 29 heavy (non-hydrogen) atoms. The van der Waals surface area contributed by atoms with Crippen LogP contribution in [0.2, 0.25) is 0 Å². The van der Waals surface area contributed by atoms with E-state index >= 15 is 0 Å². The van der Waals surface area contributed by atoms with Crippen LogP contribution in [0.25, 0.3) is 0 Å². The van der Waals surface area contributed by atoms with Crippen LogP contribution >= 0.6 is 24.0 Å². The number of halogens is 2. The number of piperazine rings is 1. The van der Waals surface area contributed by atoms with Crippen molar-refractivity contribution in [3.63, 3.8) is 0 Å². The number of benzene rings is 1. The first kappa shape index (κ1) is 25.4. The maximum Gasteiger partial charge on any atom is 0.224 e. The molecule has 1 atom stereocenters. The van der Waals surface area contributed by atoms with Crippen LogP contribution in [-0.4, -0.2) is 75.8 Å². The molecule has 2 N–H and O–H groups in total. The number of hydrogen-bond acceptors (Lipinski definition) is 4. The van der Waals surface area contributed by atoms with Gasteiger partial charge in [0.25, 0.3) is 0 Å². The monoisotopic (exact) mass is 521 g/mol. The van der Waals surface area contributed by atoms with Crippen molar-refractivity contribution < 1.29 is 13.9 Å². The summed E-state index contributed by atoms with van der Waals surface area (Å²) >= 11 is 0. The number of carbonyl (C=O) groups excluding carboxylic acids is 1. The van der Waals surface area contributed by atoms with Crippen molar-refractivity contribution in [2.45, 2.75) is 26.3 Å². The molecule has 7 nitrogen and oxygen atoms in total. The molecule has 1 saturated heterocycles. The van der Waals surface area contributed by atoms with Gasteiger partial charge in [-0.15, -0.1) is 24.0 Å². The van der Waals surface area contributed by atoms with Crippen LogP contribution in [0.4, 0.5) is 10.1 Å². The minimum atomic E-state index is -0.235. The predicted molar refractivity (Wildman–Crippen MR) is 126 cm³/mol. The number of guanidine groups is 1. The van der Waals surface area contributed by atoms with Crippen LogP contribution < -0.4 is 15.5 Å². The first-order valence-electron chi connectivity index (χ1n) is 9.85. The van der Waals surface area contributed by atoms with Gasteiger partial charge in [0.2, 0.25) is 5.91 Å². The molecule has 0 spiro atoms. The molecule has 1 aliphatic rings. The zero-order valence-electron chi connectivity index (χ0n) is 17.5. The summed E-state index contributed by atoms with van der Waals surface area (Å²) in [5.41, 5.74) is 0.990. The lowest BCUT2D eigenvalue weighted by Gasteiger charge is -2.36. The van der Waals surface area contributed by atoms with Gasteiger partial charge in [-0.2, -0.15) is 0 Å². The Labute approximate surface area is 190 Å². The molecule has 1 aromatic rings. The highest BCUT2D eigenvalue weighted by atomic mass is 127. The Kier molecular flexibility index (Phi) is 11.9. The highest BCUT2D eigenvalue weighted by Crippen LogP contribution is 2.17. The molecule has 1 amide bonds. The Hall–Kier alpha value is -1.62. The lowest BCUT2D eigenvalue weighted by Crippen LogP contribution is -2.49. The van der Waals surface area contributed by atoms with Gasteiger partial charge < -0.3 is 25.2 Å². The average Bonchev–Trinajstić information content (AvgIpc) is 2.69. The van der Waals surface area contributed by atoms with Gasteiger partial charge in [-0.05, 0) is 38.1 Å². The van der Waals surface area contributed by atoms with Crippen LogP contribution in [0.15, 0.2) is 29.3 Å². The zero-order valence-corrected chi connectivity index (χ0v) is 19.8. The summed E-state index contributed by atoms with van der Waals surface area (Å²) in [6.07, 6.45) is 0.381. The standard InChI is InChI=1S/C20H32FN5O2.HI/c1-4-22-20(24-16(2)15-28-3)23-10-9-19(27)26-13-11-25(12-14-26)18-7-5-17(21)6-8-18;/h5-8,16H,4,9-15H2,1-3H3,(H2,22,23,24);1H. The van der Waals surface area contributed by atoms with Crippen molar-refractivity contribution in [1.29, 1.82) is 0 Å². The van der Waals surface area contributed by atoms with E-state index in [4.69, 9.17) is 4.74 Å². The molecule has 1 aliphatic heterocycles. The maximum atomic E-state index is 13.1. The van der Waals surface area contributed by atoms with Gasteiger partial charge >= 0.3 is 0 Å². The Balaban J connectivity index is 0.00000420. The SMILES string of the molecule is CCNC(=NCCC(=O)N1CCN(c2ccc(F)cc2)CC1)NC(C)COC.I. The fourth-order valence-electron chi connectivity index (χ4n) is 3.13. The van der Waals surface area contributed by atoms with E-state index in [-0.39, 0.29) is 41.7 Å². The zero-order chi connectivity index (χ0) is 20.4. The molecule has 2 rings (SSSR count). The second kappa shape index (κ2) is 13.6. The van der Waals surface area contributed by atoms with Crippen LogP contribution in [0.3, 0.4) is 0 Å². The number of nitrogens with one attached hydrogen (secondary N) is 2. The van der Waals surface area contributed by atoms with Crippen molar-refractivity contribution in [2.24, 2.45) is 4.99 Å². The number of hydrogen-bond donors (Lipinski definition) is 2. The molecule has 0 bridgehead atoms. The Morgan fingerprint density at radius 2 is 1.90 bits per heavy atom. The minimum Gasteiger partial charge on any atom is -0.383 e. The van der Waals surface area contributed by atoms with E-state index in [1.807, 2.05) is 18.7 Å². The number of methoxy groups -OCH3 is 1. The van der Waals surface area contributed by atoms with E-state index in [9.17, 15) is 9.18 Å². The summed E-state index contributed by atoms with van der Waals surface area (Å²) in [6.45, 7) is 8.63. The summed E-state index contributed by atoms with van der Waals surface area (Å²) in [5, 5.41) is 6.43. The molecule has 1 unspecified atom stereocenters. The first-order valence-corrected chi connectivity index (χ1v) is 9.85. The number of aliphatic imine (C=N–C) groups is 1. The van der Waals surface area contributed by atoms with Crippen molar-refractivity contribution in [1.82, 2.24) is 15.5 Å². The lowest BCUT2D eigenvalue weighted by atomic mass is 10.2. The number of rotatable bonds is 8. The van der Waals surface area contributed by atoms with E-state index in [1.165, 1.54) is 12.1 Å². The molecule has 0 radical (unpaired) electrons. The molecule has 1 heterocycles. The fraction of sp³-hybridized carbons (Fsp3) is 0.600. The van der Waals surface area contributed by atoms with Crippen LogP contribution in [0.1, 0.15) is 20.3 Å². The summed E-state index contributed by atoms with van der Waals surface area (Å²) in [5.74, 6) is 0.574. The largest absolute Gasteiger partial charge is 0.383 e. The van der Waals surface area contributed by atoms with E-state index in [0.717, 1.165) is 25.3 Å². The maximum absolute atomic E-state index is 13.1. The lowest BCUT2D eigenvalue weighted by molar-refractivity contribution is -0.131. The van der Waals surface area contributed by atoms with E-state index in [0.29, 0.717) is 38.6 Å². The quantitative estimate of drug-likeness (QED) is 0.312. The topological polar surface area (TPSA) is 69.2 Å². The fourth-order valence-corrected chi connectivity index (χ4v) is 3.13. The number of ether oxygens (including phenoxy) is 1. The van der Waals surface area contributed by atoms with Crippen LogP contribution in [0, 0.1) is 5.82 Å². The molecule has 9 heteroatoms. The van der Waals surface area contributed by atoms with Gasteiger partial charge in [-0.3, -0.25) is 9.79 Å². The molecule has 1 fully saturated rings. The minimum absolute atomic E-state index is 0. The number of anilines is 1. The second-order valence-electron chi connectivity index (χ2n) is 6.86. The first-order chi connectivity index (χ1) is 13.5. The third kappa shape index (κ3) is 8.73.